The molecule has 0 heterocycles. The molecule has 2 atom stereocenters. The number of amides is 1. The van der Waals surface area contributed by atoms with Gasteiger partial charge < -0.3 is 15.6 Å². The van der Waals surface area contributed by atoms with Crippen LogP contribution in [0, 0.1) is 0 Å². The van der Waals surface area contributed by atoms with E-state index in [1.807, 2.05) is 42.5 Å². The molecule has 1 amide bonds. The average Bonchev–Trinajstić information content (AvgIpc) is 2.73. The standard InChI is InChI=1S/C19H22N2O3/c20-17-8-4-7-14-11-15(9-10-16(14)18(17)22)21-19(23)24-12-13-5-2-1-3-6-13/h1-3,5-6,9-11,17-18,22H,4,7-8,12,20H2,(H,21,23)/t17-,18+/m1/s1. The lowest BCUT2D eigenvalue weighted by atomic mass is 9.98. The van der Waals surface area contributed by atoms with Crippen molar-refractivity contribution in [2.45, 2.75) is 38.0 Å². The zero-order valence-corrected chi connectivity index (χ0v) is 13.4. The number of hydrogen-bond donors (Lipinski definition) is 3. The SMILES string of the molecule is N[C@@H]1CCCc2cc(NC(=O)OCc3ccccc3)ccc2[C@@H]1O. The molecule has 0 saturated carbocycles. The number of rotatable bonds is 3. The van der Waals surface area contributed by atoms with E-state index in [2.05, 4.69) is 5.32 Å². The first kappa shape index (κ1) is 16.5. The Morgan fingerprint density at radius 3 is 2.83 bits per heavy atom. The van der Waals surface area contributed by atoms with Crippen LogP contribution in [0.25, 0.3) is 0 Å². The molecule has 3 rings (SSSR count). The van der Waals surface area contributed by atoms with Gasteiger partial charge in [-0.15, -0.1) is 0 Å². The number of carbonyl (C=O) groups excluding carboxylic acids is 1. The van der Waals surface area contributed by atoms with Gasteiger partial charge in [-0.2, -0.15) is 0 Å². The summed E-state index contributed by atoms with van der Waals surface area (Å²) in [5.41, 5.74) is 9.44. The molecule has 0 spiro atoms. The second-order valence-electron chi connectivity index (χ2n) is 6.10. The molecule has 1 aliphatic rings. The van der Waals surface area contributed by atoms with Crippen molar-refractivity contribution in [1.29, 1.82) is 0 Å². The summed E-state index contributed by atoms with van der Waals surface area (Å²) in [6.45, 7) is 0.227. The van der Waals surface area contributed by atoms with Crippen molar-refractivity contribution >= 4 is 11.8 Å². The smallest absolute Gasteiger partial charge is 0.411 e. The van der Waals surface area contributed by atoms with Crippen molar-refractivity contribution < 1.29 is 14.6 Å². The summed E-state index contributed by atoms with van der Waals surface area (Å²) in [4.78, 5) is 11.9. The monoisotopic (exact) mass is 326 g/mol. The van der Waals surface area contributed by atoms with Crippen molar-refractivity contribution in [1.82, 2.24) is 0 Å². The van der Waals surface area contributed by atoms with Gasteiger partial charge in [-0.25, -0.2) is 4.79 Å². The van der Waals surface area contributed by atoms with Crippen molar-refractivity contribution in [3.8, 4) is 0 Å². The van der Waals surface area contributed by atoms with E-state index < -0.39 is 12.2 Å². The van der Waals surface area contributed by atoms with Crippen LogP contribution in [-0.2, 0) is 17.8 Å². The molecule has 0 fully saturated rings. The second-order valence-corrected chi connectivity index (χ2v) is 6.10. The maximum absolute atomic E-state index is 11.9. The number of hydrogen-bond acceptors (Lipinski definition) is 4. The molecule has 0 aliphatic heterocycles. The van der Waals surface area contributed by atoms with Gasteiger partial charge in [0.15, 0.2) is 0 Å². The van der Waals surface area contributed by atoms with E-state index in [0.717, 1.165) is 36.0 Å². The number of anilines is 1. The van der Waals surface area contributed by atoms with Gasteiger partial charge in [0.1, 0.15) is 6.61 Å². The van der Waals surface area contributed by atoms with Crippen LogP contribution in [-0.4, -0.2) is 17.2 Å². The minimum absolute atomic E-state index is 0.227. The normalized spacial score (nSPS) is 19.9. The molecular formula is C19H22N2O3. The van der Waals surface area contributed by atoms with E-state index in [9.17, 15) is 9.90 Å². The summed E-state index contributed by atoms with van der Waals surface area (Å²) in [6.07, 6.45) is 1.41. The number of aliphatic hydroxyl groups excluding tert-OH is 1. The van der Waals surface area contributed by atoms with Gasteiger partial charge in [0.25, 0.3) is 0 Å². The third-order valence-electron chi connectivity index (χ3n) is 4.31. The number of fused-ring (bicyclic) bond motifs is 1. The number of carbonyl (C=O) groups is 1. The van der Waals surface area contributed by atoms with Gasteiger partial charge in [-0.1, -0.05) is 36.4 Å². The molecule has 2 aromatic carbocycles. The molecule has 0 saturated heterocycles. The molecule has 1 aliphatic carbocycles. The lowest BCUT2D eigenvalue weighted by Crippen LogP contribution is -2.27. The number of nitrogens with one attached hydrogen (secondary N) is 1. The third kappa shape index (κ3) is 3.93. The zero-order chi connectivity index (χ0) is 16.9. The van der Waals surface area contributed by atoms with Crippen LogP contribution in [0.3, 0.4) is 0 Å². The first-order valence-corrected chi connectivity index (χ1v) is 8.17. The molecular weight excluding hydrogens is 304 g/mol. The van der Waals surface area contributed by atoms with Gasteiger partial charge in [0.05, 0.1) is 6.10 Å². The molecule has 126 valence electrons. The number of benzene rings is 2. The molecule has 4 N–H and O–H groups in total. The highest BCUT2D eigenvalue weighted by atomic mass is 16.5. The van der Waals surface area contributed by atoms with Crippen LogP contribution in [0.15, 0.2) is 48.5 Å². The highest BCUT2D eigenvalue weighted by molar-refractivity contribution is 5.84. The molecule has 5 heteroatoms. The molecule has 0 bridgehead atoms. The summed E-state index contributed by atoms with van der Waals surface area (Å²) in [6, 6.07) is 14.8. The van der Waals surface area contributed by atoms with Crippen LogP contribution in [0.1, 0.15) is 35.6 Å². The Kier molecular flexibility index (Phi) is 5.13. The third-order valence-corrected chi connectivity index (χ3v) is 4.31. The Hall–Kier alpha value is -2.37. The van der Waals surface area contributed by atoms with Gasteiger partial charge in [0, 0.05) is 11.7 Å². The molecule has 0 aromatic heterocycles. The maximum atomic E-state index is 11.9. The predicted octanol–water partition coefficient (Wildman–Crippen LogP) is 3.13. The Morgan fingerprint density at radius 2 is 2.04 bits per heavy atom. The fourth-order valence-corrected chi connectivity index (χ4v) is 2.98. The van der Waals surface area contributed by atoms with Crippen LogP contribution in [0.2, 0.25) is 0 Å². The van der Waals surface area contributed by atoms with E-state index in [1.54, 1.807) is 6.07 Å². The van der Waals surface area contributed by atoms with Gasteiger partial charge in [0.2, 0.25) is 0 Å². The largest absolute Gasteiger partial charge is 0.444 e. The lowest BCUT2D eigenvalue weighted by molar-refractivity contribution is 0.144. The second kappa shape index (κ2) is 7.47. The first-order valence-electron chi connectivity index (χ1n) is 8.17. The van der Waals surface area contributed by atoms with E-state index in [-0.39, 0.29) is 12.6 Å². The number of nitrogens with two attached hydrogens (primary N) is 1. The fourth-order valence-electron chi connectivity index (χ4n) is 2.98. The Balaban J connectivity index is 1.63. The summed E-state index contributed by atoms with van der Waals surface area (Å²) < 4.78 is 5.22. The maximum Gasteiger partial charge on any atom is 0.411 e. The van der Waals surface area contributed by atoms with Gasteiger partial charge >= 0.3 is 6.09 Å². The molecule has 2 aromatic rings. The van der Waals surface area contributed by atoms with Crippen LogP contribution in [0.4, 0.5) is 10.5 Å². The Bertz CT molecular complexity index is 703. The van der Waals surface area contributed by atoms with Crippen molar-refractivity contribution in [3.05, 3.63) is 65.2 Å². The van der Waals surface area contributed by atoms with Crippen molar-refractivity contribution in [2.75, 3.05) is 5.32 Å². The minimum atomic E-state index is -0.651. The van der Waals surface area contributed by atoms with E-state index >= 15 is 0 Å². The van der Waals surface area contributed by atoms with Crippen LogP contribution >= 0.6 is 0 Å². The fraction of sp³-hybridized carbons (Fsp3) is 0.316. The van der Waals surface area contributed by atoms with Crippen molar-refractivity contribution in [3.63, 3.8) is 0 Å². The van der Waals surface area contributed by atoms with Crippen LogP contribution in [0.5, 0.6) is 0 Å². The average molecular weight is 326 g/mol. The van der Waals surface area contributed by atoms with Crippen LogP contribution < -0.4 is 11.1 Å². The van der Waals surface area contributed by atoms with E-state index in [1.165, 1.54) is 0 Å². The number of ether oxygens (including phenoxy) is 1. The summed E-state index contributed by atoms with van der Waals surface area (Å²) in [5, 5.41) is 13.0. The first-order chi connectivity index (χ1) is 11.6. The Labute approximate surface area is 141 Å². The molecule has 5 nitrogen and oxygen atoms in total. The lowest BCUT2D eigenvalue weighted by Gasteiger charge is -2.18. The van der Waals surface area contributed by atoms with E-state index in [0.29, 0.717) is 5.69 Å². The molecule has 24 heavy (non-hydrogen) atoms. The topological polar surface area (TPSA) is 84.6 Å². The number of aliphatic hydroxyl groups is 1. The highest BCUT2D eigenvalue weighted by Crippen LogP contribution is 2.30. The van der Waals surface area contributed by atoms with Crippen molar-refractivity contribution in [2.24, 2.45) is 5.73 Å². The predicted molar refractivity (Wildman–Crippen MR) is 92.6 cm³/mol. The quantitative estimate of drug-likeness (QED) is 0.757. The molecule has 0 unspecified atom stereocenters. The van der Waals surface area contributed by atoms with Gasteiger partial charge in [-0.3, -0.25) is 5.32 Å². The summed E-state index contributed by atoms with van der Waals surface area (Å²) >= 11 is 0. The summed E-state index contributed by atoms with van der Waals surface area (Å²) in [7, 11) is 0. The van der Waals surface area contributed by atoms with Gasteiger partial charge in [-0.05, 0) is 48.1 Å². The number of aryl methyl sites for hydroxylation is 1. The molecule has 0 radical (unpaired) electrons. The Morgan fingerprint density at radius 1 is 1.25 bits per heavy atom. The highest BCUT2D eigenvalue weighted by Gasteiger charge is 2.23. The summed E-state index contributed by atoms with van der Waals surface area (Å²) in [5.74, 6) is 0. The zero-order valence-electron chi connectivity index (χ0n) is 13.4. The van der Waals surface area contributed by atoms with E-state index in [4.69, 9.17) is 10.5 Å². The minimum Gasteiger partial charge on any atom is -0.444 e.